The summed E-state index contributed by atoms with van der Waals surface area (Å²) in [6.45, 7) is 2.36. The van der Waals surface area contributed by atoms with Crippen LogP contribution < -0.4 is 0 Å². The monoisotopic (exact) mass is 238 g/mol. The van der Waals surface area contributed by atoms with Gasteiger partial charge in [-0.1, -0.05) is 13.3 Å². The first-order chi connectivity index (χ1) is 8.24. The molecule has 0 bridgehead atoms. The molecule has 1 aromatic rings. The second-order valence-corrected chi connectivity index (χ2v) is 3.21. The number of rotatable bonds is 6. The average Bonchev–Trinajstić information content (AvgIpc) is 2.82. The zero-order chi connectivity index (χ0) is 12.5. The van der Waals surface area contributed by atoms with Gasteiger partial charge in [0.1, 0.15) is 6.26 Å². The minimum absolute atomic E-state index is 0.0778. The van der Waals surface area contributed by atoms with E-state index in [2.05, 4.69) is 4.74 Å². The molecule has 0 aromatic carbocycles. The molecule has 0 spiro atoms. The SMILES string of the molecule is CCCCOC(=O)/C=C/OC(=O)c1ccco1. The van der Waals surface area contributed by atoms with Gasteiger partial charge in [-0.15, -0.1) is 0 Å². The summed E-state index contributed by atoms with van der Waals surface area (Å²) in [5.74, 6) is -1.12. The van der Waals surface area contributed by atoms with Crippen LogP contribution in [0.3, 0.4) is 0 Å². The molecule has 0 atom stereocenters. The van der Waals surface area contributed by atoms with Crippen molar-refractivity contribution < 1.29 is 23.5 Å². The van der Waals surface area contributed by atoms with Crippen molar-refractivity contribution in [1.29, 1.82) is 0 Å². The Kier molecular flexibility index (Phi) is 5.57. The largest absolute Gasteiger partial charge is 0.462 e. The highest BCUT2D eigenvalue weighted by molar-refractivity contribution is 5.87. The average molecular weight is 238 g/mol. The van der Waals surface area contributed by atoms with Crippen molar-refractivity contribution in [2.75, 3.05) is 6.61 Å². The van der Waals surface area contributed by atoms with Crippen LogP contribution in [0.2, 0.25) is 0 Å². The molecular weight excluding hydrogens is 224 g/mol. The molecule has 5 nitrogen and oxygen atoms in total. The summed E-state index contributed by atoms with van der Waals surface area (Å²) in [6.07, 6.45) is 5.16. The molecule has 1 aromatic heterocycles. The molecule has 0 unspecified atom stereocenters. The Labute approximate surface area is 99.0 Å². The second kappa shape index (κ2) is 7.27. The Morgan fingerprint density at radius 2 is 2.29 bits per heavy atom. The molecule has 0 saturated heterocycles. The predicted molar refractivity (Wildman–Crippen MR) is 59.1 cm³/mol. The van der Waals surface area contributed by atoms with Crippen LogP contribution in [0, 0.1) is 0 Å². The quantitative estimate of drug-likeness (QED) is 0.329. The maximum atomic E-state index is 11.2. The standard InChI is InChI=1S/C12H14O5/c1-2-3-7-16-11(13)6-9-17-12(14)10-5-4-8-15-10/h4-6,8-9H,2-3,7H2,1H3/b9-6+. The number of carbonyl (C=O) groups is 2. The van der Waals surface area contributed by atoms with Crippen LogP contribution in [0.4, 0.5) is 0 Å². The summed E-state index contributed by atoms with van der Waals surface area (Å²) in [4.78, 5) is 22.3. The third-order valence-corrected chi connectivity index (χ3v) is 1.84. The van der Waals surface area contributed by atoms with E-state index in [1.807, 2.05) is 6.92 Å². The van der Waals surface area contributed by atoms with Gasteiger partial charge in [-0.3, -0.25) is 0 Å². The van der Waals surface area contributed by atoms with Crippen molar-refractivity contribution >= 4 is 11.9 Å². The minimum atomic E-state index is -0.660. The fraction of sp³-hybridized carbons (Fsp3) is 0.333. The molecule has 92 valence electrons. The van der Waals surface area contributed by atoms with Crippen LogP contribution in [-0.4, -0.2) is 18.5 Å². The van der Waals surface area contributed by atoms with Gasteiger partial charge in [0.15, 0.2) is 0 Å². The molecule has 1 rings (SSSR count). The highest BCUT2D eigenvalue weighted by Gasteiger charge is 2.08. The second-order valence-electron chi connectivity index (χ2n) is 3.21. The Balaban J connectivity index is 2.25. The summed E-state index contributed by atoms with van der Waals surface area (Å²) in [7, 11) is 0. The maximum Gasteiger partial charge on any atom is 0.379 e. The van der Waals surface area contributed by atoms with Crippen molar-refractivity contribution in [2.45, 2.75) is 19.8 Å². The topological polar surface area (TPSA) is 65.7 Å². The molecule has 1 heterocycles. The molecule has 0 N–H and O–H groups in total. The summed E-state index contributed by atoms with van der Waals surface area (Å²) >= 11 is 0. The molecule has 0 aliphatic rings. The molecule has 17 heavy (non-hydrogen) atoms. The first-order valence-corrected chi connectivity index (χ1v) is 5.32. The molecule has 0 fully saturated rings. The first-order valence-electron chi connectivity index (χ1n) is 5.32. The number of ether oxygens (including phenoxy) is 2. The molecule has 0 aliphatic heterocycles. The van der Waals surface area contributed by atoms with Crippen molar-refractivity contribution in [1.82, 2.24) is 0 Å². The van der Waals surface area contributed by atoms with Crippen LogP contribution in [0.1, 0.15) is 30.3 Å². The van der Waals surface area contributed by atoms with Crippen LogP contribution in [0.5, 0.6) is 0 Å². The summed E-state index contributed by atoms with van der Waals surface area (Å²) in [5.41, 5.74) is 0. The lowest BCUT2D eigenvalue weighted by atomic mass is 10.4. The minimum Gasteiger partial charge on any atom is -0.462 e. The zero-order valence-corrected chi connectivity index (χ0v) is 9.55. The van der Waals surface area contributed by atoms with E-state index in [4.69, 9.17) is 9.15 Å². The van der Waals surface area contributed by atoms with Crippen molar-refractivity contribution in [2.24, 2.45) is 0 Å². The van der Waals surface area contributed by atoms with Gasteiger partial charge < -0.3 is 13.9 Å². The molecule has 0 amide bonds. The van der Waals surface area contributed by atoms with Gasteiger partial charge in [0.25, 0.3) is 0 Å². The molecule has 0 radical (unpaired) electrons. The van der Waals surface area contributed by atoms with Crippen LogP contribution in [0.25, 0.3) is 0 Å². The number of carbonyl (C=O) groups excluding carboxylic acids is 2. The van der Waals surface area contributed by atoms with Gasteiger partial charge >= 0.3 is 11.9 Å². The van der Waals surface area contributed by atoms with Crippen molar-refractivity contribution in [3.05, 3.63) is 36.5 Å². The third-order valence-electron chi connectivity index (χ3n) is 1.84. The summed E-state index contributed by atoms with van der Waals surface area (Å²) in [6, 6.07) is 3.04. The van der Waals surface area contributed by atoms with Gasteiger partial charge in [-0.2, -0.15) is 0 Å². The third kappa shape index (κ3) is 5.01. The Hall–Kier alpha value is -2.04. The van der Waals surface area contributed by atoms with E-state index in [1.165, 1.54) is 12.3 Å². The van der Waals surface area contributed by atoms with E-state index in [1.54, 1.807) is 6.07 Å². The maximum absolute atomic E-state index is 11.2. The predicted octanol–water partition coefficient (Wildman–Crippen LogP) is 2.29. The highest BCUT2D eigenvalue weighted by atomic mass is 16.5. The zero-order valence-electron chi connectivity index (χ0n) is 9.55. The molecule has 5 heteroatoms. The van der Waals surface area contributed by atoms with Crippen LogP contribution >= 0.6 is 0 Å². The van der Waals surface area contributed by atoms with E-state index in [9.17, 15) is 9.59 Å². The van der Waals surface area contributed by atoms with Crippen LogP contribution in [-0.2, 0) is 14.3 Å². The van der Waals surface area contributed by atoms with Gasteiger partial charge in [-0.25, -0.2) is 9.59 Å². The first kappa shape index (κ1) is 13.0. The Morgan fingerprint density at radius 1 is 1.47 bits per heavy atom. The van der Waals surface area contributed by atoms with Crippen LogP contribution in [0.15, 0.2) is 35.2 Å². The van der Waals surface area contributed by atoms with Gasteiger partial charge in [0, 0.05) is 0 Å². The lowest BCUT2D eigenvalue weighted by Gasteiger charge is -1.99. The highest BCUT2D eigenvalue weighted by Crippen LogP contribution is 2.02. The number of furan rings is 1. The number of hydrogen-bond acceptors (Lipinski definition) is 5. The lowest BCUT2D eigenvalue weighted by Crippen LogP contribution is -2.03. The molecule has 0 aliphatic carbocycles. The van der Waals surface area contributed by atoms with E-state index < -0.39 is 11.9 Å². The number of esters is 2. The van der Waals surface area contributed by atoms with Gasteiger partial charge in [0.05, 0.1) is 18.9 Å². The van der Waals surface area contributed by atoms with E-state index >= 15 is 0 Å². The fourth-order valence-electron chi connectivity index (χ4n) is 0.969. The Morgan fingerprint density at radius 3 is 2.94 bits per heavy atom. The normalized spacial score (nSPS) is 10.4. The molecule has 0 saturated carbocycles. The number of hydrogen-bond donors (Lipinski definition) is 0. The van der Waals surface area contributed by atoms with E-state index in [0.29, 0.717) is 6.61 Å². The van der Waals surface area contributed by atoms with E-state index in [-0.39, 0.29) is 5.76 Å². The van der Waals surface area contributed by atoms with Gasteiger partial charge in [0.2, 0.25) is 5.76 Å². The Bertz CT molecular complexity index is 378. The summed E-state index contributed by atoms with van der Waals surface area (Å²) < 4.78 is 14.3. The fourth-order valence-corrected chi connectivity index (χ4v) is 0.969. The van der Waals surface area contributed by atoms with Gasteiger partial charge in [-0.05, 0) is 18.6 Å². The van der Waals surface area contributed by atoms with E-state index in [0.717, 1.165) is 25.2 Å². The number of unbranched alkanes of at least 4 members (excludes halogenated alkanes) is 1. The van der Waals surface area contributed by atoms with Crippen molar-refractivity contribution in [3.63, 3.8) is 0 Å². The lowest BCUT2D eigenvalue weighted by molar-refractivity contribution is -0.137. The van der Waals surface area contributed by atoms with Crippen molar-refractivity contribution in [3.8, 4) is 0 Å². The summed E-state index contributed by atoms with van der Waals surface area (Å²) in [5, 5.41) is 0. The smallest absolute Gasteiger partial charge is 0.379 e. The molecular formula is C12H14O5.